The summed E-state index contributed by atoms with van der Waals surface area (Å²) in [7, 11) is 0. The van der Waals surface area contributed by atoms with E-state index in [0.29, 0.717) is 5.56 Å². The zero-order valence-corrected chi connectivity index (χ0v) is 10.6. The topological polar surface area (TPSA) is 36.4 Å². The average Bonchev–Trinajstić information content (AvgIpc) is 2.24. The molecular weight excluding hydrogens is 245 g/mol. The van der Waals surface area contributed by atoms with Crippen molar-refractivity contribution in [2.24, 2.45) is 0 Å². The Labute approximate surface area is 104 Å². The van der Waals surface area contributed by atoms with Crippen LogP contribution in [0.5, 0.6) is 0 Å². The van der Waals surface area contributed by atoms with Gasteiger partial charge < -0.3 is 10.0 Å². The largest absolute Gasteiger partial charge is 0.405 e. The van der Waals surface area contributed by atoms with Crippen molar-refractivity contribution in [1.82, 2.24) is 4.98 Å². The average molecular weight is 262 g/mol. The fraction of sp³-hybridized carbons (Fsp3) is 0.583. The first kappa shape index (κ1) is 14.8. The second kappa shape index (κ2) is 5.56. The second-order valence-corrected chi connectivity index (χ2v) is 4.46. The number of aliphatic hydroxyl groups is 1. The minimum absolute atomic E-state index is 0.256. The van der Waals surface area contributed by atoms with E-state index in [1.165, 1.54) is 17.2 Å². The molecule has 0 aliphatic heterocycles. The van der Waals surface area contributed by atoms with Crippen LogP contribution < -0.4 is 4.90 Å². The van der Waals surface area contributed by atoms with E-state index in [9.17, 15) is 18.3 Å². The highest BCUT2D eigenvalue weighted by Crippen LogP contribution is 2.23. The zero-order valence-electron chi connectivity index (χ0n) is 10.6. The van der Waals surface area contributed by atoms with Crippen LogP contribution in [0.25, 0.3) is 0 Å². The van der Waals surface area contributed by atoms with E-state index in [4.69, 9.17) is 0 Å². The molecule has 0 fully saturated rings. The molecule has 1 aromatic heterocycles. The molecule has 3 nitrogen and oxygen atoms in total. The number of anilines is 1. The summed E-state index contributed by atoms with van der Waals surface area (Å²) in [6.45, 7) is 3.89. The van der Waals surface area contributed by atoms with E-state index < -0.39 is 18.8 Å². The molecule has 0 spiro atoms. The lowest BCUT2D eigenvalue weighted by atomic mass is 10.2. The molecule has 0 saturated carbocycles. The fourth-order valence-corrected chi connectivity index (χ4v) is 1.54. The van der Waals surface area contributed by atoms with Crippen molar-refractivity contribution in [2.75, 3.05) is 11.4 Å². The van der Waals surface area contributed by atoms with Gasteiger partial charge in [0.2, 0.25) is 0 Å². The standard InChI is InChI=1S/C12H17F3N2O/c1-8(2)17(7-12(13,14)15)11-5-4-10(6-16-11)9(3)18/h4-6,8-9,18H,7H2,1-3H3/t9-/m0/s1. The number of pyridine rings is 1. The van der Waals surface area contributed by atoms with Gasteiger partial charge in [0.15, 0.2) is 0 Å². The van der Waals surface area contributed by atoms with Gasteiger partial charge in [-0.05, 0) is 32.4 Å². The lowest BCUT2D eigenvalue weighted by Crippen LogP contribution is -2.39. The maximum Gasteiger partial charge on any atom is 0.405 e. The molecule has 0 aliphatic rings. The van der Waals surface area contributed by atoms with Crippen LogP contribution in [0.2, 0.25) is 0 Å². The summed E-state index contributed by atoms with van der Waals surface area (Å²) in [5.74, 6) is 0.256. The number of nitrogens with zero attached hydrogens (tertiary/aromatic N) is 2. The predicted octanol–water partition coefficient (Wildman–Crippen LogP) is 2.91. The van der Waals surface area contributed by atoms with Gasteiger partial charge >= 0.3 is 6.18 Å². The van der Waals surface area contributed by atoms with Gasteiger partial charge in [0, 0.05) is 12.2 Å². The monoisotopic (exact) mass is 262 g/mol. The van der Waals surface area contributed by atoms with Crippen LogP contribution in [-0.4, -0.2) is 28.9 Å². The summed E-state index contributed by atoms with van der Waals surface area (Å²) in [4.78, 5) is 5.14. The molecule has 0 unspecified atom stereocenters. The van der Waals surface area contributed by atoms with Crippen molar-refractivity contribution < 1.29 is 18.3 Å². The number of alkyl halides is 3. The normalized spacial score (nSPS) is 13.8. The molecular formula is C12H17F3N2O. The Bertz CT molecular complexity index is 374. The van der Waals surface area contributed by atoms with Crippen LogP contribution in [0.4, 0.5) is 19.0 Å². The molecule has 102 valence electrons. The number of hydrogen-bond donors (Lipinski definition) is 1. The van der Waals surface area contributed by atoms with Gasteiger partial charge in [-0.1, -0.05) is 6.07 Å². The van der Waals surface area contributed by atoms with E-state index in [1.54, 1.807) is 26.8 Å². The first-order valence-electron chi connectivity index (χ1n) is 5.68. The fourth-order valence-electron chi connectivity index (χ4n) is 1.54. The minimum Gasteiger partial charge on any atom is -0.389 e. The van der Waals surface area contributed by atoms with Gasteiger partial charge in [0.25, 0.3) is 0 Å². The third-order valence-electron chi connectivity index (χ3n) is 2.52. The maximum absolute atomic E-state index is 12.4. The van der Waals surface area contributed by atoms with Gasteiger partial charge in [-0.2, -0.15) is 13.2 Å². The van der Waals surface area contributed by atoms with Crippen molar-refractivity contribution in [1.29, 1.82) is 0 Å². The molecule has 0 aliphatic carbocycles. The van der Waals surface area contributed by atoms with Crippen LogP contribution in [-0.2, 0) is 0 Å². The highest BCUT2D eigenvalue weighted by atomic mass is 19.4. The number of rotatable bonds is 4. The Morgan fingerprint density at radius 2 is 1.89 bits per heavy atom. The summed E-state index contributed by atoms with van der Waals surface area (Å²) < 4.78 is 37.3. The van der Waals surface area contributed by atoms with Crippen molar-refractivity contribution in [3.8, 4) is 0 Å². The van der Waals surface area contributed by atoms with Crippen molar-refractivity contribution in [3.05, 3.63) is 23.9 Å². The van der Waals surface area contributed by atoms with Gasteiger partial charge in [-0.25, -0.2) is 4.98 Å². The van der Waals surface area contributed by atoms with Crippen LogP contribution in [0, 0.1) is 0 Å². The molecule has 0 aromatic carbocycles. The molecule has 0 radical (unpaired) electrons. The zero-order chi connectivity index (χ0) is 13.9. The van der Waals surface area contributed by atoms with Crippen molar-refractivity contribution >= 4 is 5.82 Å². The first-order valence-corrected chi connectivity index (χ1v) is 5.68. The Balaban J connectivity index is 2.93. The summed E-state index contributed by atoms with van der Waals surface area (Å²) >= 11 is 0. The van der Waals surface area contributed by atoms with Crippen LogP contribution in [0.3, 0.4) is 0 Å². The van der Waals surface area contributed by atoms with E-state index >= 15 is 0 Å². The Morgan fingerprint density at radius 1 is 1.28 bits per heavy atom. The summed E-state index contributed by atoms with van der Waals surface area (Å²) in [5.41, 5.74) is 0.578. The Kier molecular flexibility index (Phi) is 4.56. The van der Waals surface area contributed by atoms with Gasteiger partial charge in [-0.3, -0.25) is 0 Å². The SMILES string of the molecule is CC(C)N(CC(F)(F)F)c1ccc([C@H](C)O)cn1. The predicted molar refractivity (Wildman–Crippen MR) is 63.4 cm³/mol. The summed E-state index contributed by atoms with van der Waals surface area (Å²) in [6, 6.07) is 2.77. The second-order valence-electron chi connectivity index (χ2n) is 4.46. The molecule has 1 atom stereocenters. The molecule has 1 aromatic rings. The maximum atomic E-state index is 12.4. The van der Waals surface area contributed by atoms with Crippen LogP contribution in [0.1, 0.15) is 32.4 Å². The molecule has 1 heterocycles. The quantitative estimate of drug-likeness (QED) is 0.906. The smallest absolute Gasteiger partial charge is 0.389 e. The van der Waals surface area contributed by atoms with Gasteiger partial charge in [0.05, 0.1) is 6.10 Å². The first-order chi connectivity index (χ1) is 8.20. The number of aromatic nitrogens is 1. The van der Waals surface area contributed by atoms with Crippen LogP contribution >= 0.6 is 0 Å². The Hall–Kier alpha value is -1.30. The molecule has 18 heavy (non-hydrogen) atoms. The molecule has 1 rings (SSSR count). The van der Waals surface area contributed by atoms with Gasteiger partial charge in [-0.15, -0.1) is 0 Å². The van der Waals surface area contributed by atoms with Crippen molar-refractivity contribution in [2.45, 2.75) is 39.1 Å². The third-order valence-corrected chi connectivity index (χ3v) is 2.52. The molecule has 0 amide bonds. The number of halogens is 3. The molecule has 6 heteroatoms. The lowest BCUT2D eigenvalue weighted by Gasteiger charge is -2.28. The molecule has 0 saturated heterocycles. The van der Waals surface area contributed by atoms with E-state index in [1.807, 2.05) is 0 Å². The third kappa shape index (κ3) is 4.18. The highest BCUT2D eigenvalue weighted by molar-refractivity contribution is 5.40. The van der Waals surface area contributed by atoms with Gasteiger partial charge in [0.1, 0.15) is 12.4 Å². The summed E-state index contributed by atoms with van der Waals surface area (Å²) in [5, 5.41) is 9.32. The number of hydrogen-bond acceptors (Lipinski definition) is 3. The van der Waals surface area contributed by atoms with E-state index in [2.05, 4.69) is 4.98 Å². The van der Waals surface area contributed by atoms with Crippen molar-refractivity contribution in [3.63, 3.8) is 0 Å². The van der Waals surface area contributed by atoms with Crippen LogP contribution in [0.15, 0.2) is 18.3 Å². The molecule has 0 bridgehead atoms. The van der Waals surface area contributed by atoms with E-state index in [-0.39, 0.29) is 11.9 Å². The highest BCUT2D eigenvalue weighted by Gasteiger charge is 2.32. The number of aliphatic hydroxyl groups excluding tert-OH is 1. The lowest BCUT2D eigenvalue weighted by molar-refractivity contribution is -0.120. The molecule has 1 N–H and O–H groups in total. The van der Waals surface area contributed by atoms with E-state index in [0.717, 1.165) is 0 Å². The summed E-state index contributed by atoms with van der Waals surface area (Å²) in [6.07, 6.45) is -3.55. The minimum atomic E-state index is -4.27. The Morgan fingerprint density at radius 3 is 2.22 bits per heavy atom.